The lowest BCUT2D eigenvalue weighted by molar-refractivity contribution is 0.243. The van der Waals surface area contributed by atoms with Crippen LogP contribution in [0.4, 0.5) is 0 Å². The fraction of sp³-hybridized carbons (Fsp3) is 0.333. The van der Waals surface area contributed by atoms with Crippen molar-refractivity contribution < 1.29 is 13.6 Å². The van der Waals surface area contributed by atoms with Gasteiger partial charge in [0.25, 0.3) is 0 Å². The van der Waals surface area contributed by atoms with Gasteiger partial charge in [-0.2, -0.15) is 0 Å². The Hall–Kier alpha value is -0.630. The maximum absolute atomic E-state index is 11.8. The van der Waals surface area contributed by atoms with Crippen molar-refractivity contribution in [2.45, 2.75) is 6.92 Å². The summed E-state index contributed by atoms with van der Waals surface area (Å²) >= 11 is 0. The van der Waals surface area contributed by atoms with Gasteiger partial charge in [0.2, 0.25) is 0 Å². The third-order valence-electron chi connectivity index (χ3n) is 1.19. The van der Waals surface area contributed by atoms with Crippen molar-refractivity contribution >= 4 is 7.60 Å². The monoisotopic (exact) mass is 202 g/mol. The van der Waals surface area contributed by atoms with Crippen LogP contribution in [0.15, 0.2) is 37.2 Å². The van der Waals surface area contributed by atoms with Crippen LogP contribution in [-0.4, -0.2) is 13.2 Å². The second kappa shape index (κ2) is 5.92. The van der Waals surface area contributed by atoms with Crippen LogP contribution >= 0.6 is 7.60 Å². The van der Waals surface area contributed by atoms with Gasteiger partial charge in [-0.25, -0.2) is 0 Å². The van der Waals surface area contributed by atoms with Crippen LogP contribution in [0.1, 0.15) is 6.92 Å². The van der Waals surface area contributed by atoms with Crippen molar-refractivity contribution in [2.75, 3.05) is 13.2 Å². The largest absolute Gasteiger partial charge is 0.357 e. The van der Waals surface area contributed by atoms with Gasteiger partial charge in [0.1, 0.15) is 0 Å². The first-order valence-electron chi connectivity index (χ1n) is 3.84. The molecule has 3 nitrogen and oxygen atoms in total. The topological polar surface area (TPSA) is 35.5 Å². The molecule has 0 aromatic heterocycles. The van der Waals surface area contributed by atoms with E-state index in [1.54, 1.807) is 6.92 Å². The Morgan fingerprint density at radius 3 is 1.92 bits per heavy atom. The van der Waals surface area contributed by atoms with E-state index in [-0.39, 0.29) is 13.2 Å². The summed E-state index contributed by atoms with van der Waals surface area (Å²) in [5.74, 6) is 0. The molecule has 0 bridgehead atoms. The first kappa shape index (κ1) is 12.4. The third kappa shape index (κ3) is 4.23. The van der Waals surface area contributed by atoms with Crippen LogP contribution in [0.3, 0.4) is 0 Å². The van der Waals surface area contributed by atoms with Gasteiger partial charge >= 0.3 is 7.60 Å². The number of hydrogen-bond acceptors (Lipinski definition) is 3. The van der Waals surface area contributed by atoms with Gasteiger partial charge in [0.15, 0.2) is 0 Å². The summed E-state index contributed by atoms with van der Waals surface area (Å²) < 4.78 is 21.8. The van der Waals surface area contributed by atoms with Crippen LogP contribution in [0.25, 0.3) is 0 Å². The van der Waals surface area contributed by atoms with E-state index in [0.29, 0.717) is 5.31 Å². The molecule has 0 saturated heterocycles. The molecule has 0 spiro atoms. The van der Waals surface area contributed by atoms with Gasteiger partial charge < -0.3 is 9.05 Å². The quantitative estimate of drug-likeness (QED) is 0.470. The van der Waals surface area contributed by atoms with E-state index < -0.39 is 7.60 Å². The third-order valence-corrected chi connectivity index (χ3v) is 3.11. The zero-order valence-electron chi connectivity index (χ0n) is 7.86. The highest BCUT2D eigenvalue weighted by Gasteiger charge is 2.24. The first-order chi connectivity index (χ1) is 6.06. The van der Waals surface area contributed by atoms with Gasteiger partial charge in [0, 0.05) is 5.31 Å². The molecule has 0 aromatic rings. The molecular formula is C9H15O3P. The normalized spacial score (nSPS) is 10.8. The molecule has 0 N–H and O–H groups in total. The number of rotatable bonds is 7. The highest BCUT2D eigenvalue weighted by atomic mass is 31.2. The summed E-state index contributed by atoms with van der Waals surface area (Å²) in [5.41, 5.74) is 0. The lowest BCUT2D eigenvalue weighted by Crippen LogP contribution is -1.96. The van der Waals surface area contributed by atoms with Crippen molar-refractivity contribution in [1.82, 2.24) is 0 Å². The Balaban J connectivity index is 4.33. The lowest BCUT2D eigenvalue weighted by atomic mass is 10.7. The van der Waals surface area contributed by atoms with E-state index in [1.165, 1.54) is 12.2 Å². The maximum atomic E-state index is 11.8. The highest BCUT2D eigenvalue weighted by molar-refractivity contribution is 7.58. The van der Waals surface area contributed by atoms with Crippen LogP contribution < -0.4 is 0 Å². The molecule has 0 radical (unpaired) electrons. The molecule has 0 atom stereocenters. The minimum Gasteiger partial charge on any atom is -0.301 e. The number of hydrogen-bond donors (Lipinski definition) is 0. The van der Waals surface area contributed by atoms with Gasteiger partial charge in [-0.3, -0.25) is 4.57 Å². The molecule has 0 aliphatic rings. The van der Waals surface area contributed by atoms with Crippen LogP contribution in [0, 0.1) is 0 Å². The highest BCUT2D eigenvalue weighted by Crippen LogP contribution is 2.54. The van der Waals surface area contributed by atoms with E-state index in [4.69, 9.17) is 9.05 Å². The molecule has 74 valence electrons. The maximum Gasteiger partial charge on any atom is 0.357 e. The Morgan fingerprint density at radius 2 is 1.69 bits per heavy atom. The van der Waals surface area contributed by atoms with Gasteiger partial charge in [0.05, 0.1) is 13.2 Å². The smallest absolute Gasteiger partial charge is 0.301 e. The molecule has 0 amide bonds. The minimum absolute atomic E-state index is 0.182. The first-order valence-corrected chi connectivity index (χ1v) is 5.38. The predicted molar refractivity (Wildman–Crippen MR) is 54.7 cm³/mol. The van der Waals surface area contributed by atoms with Crippen molar-refractivity contribution in [1.29, 1.82) is 0 Å². The van der Waals surface area contributed by atoms with E-state index in [1.807, 2.05) is 0 Å². The van der Waals surface area contributed by atoms with Crippen LogP contribution in [0.5, 0.6) is 0 Å². The molecule has 4 heteroatoms. The van der Waals surface area contributed by atoms with Crippen LogP contribution in [0.2, 0.25) is 0 Å². The van der Waals surface area contributed by atoms with E-state index in [0.717, 1.165) is 0 Å². The van der Waals surface area contributed by atoms with E-state index in [9.17, 15) is 4.57 Å². The molecule has 0 heterocycles. The average molecular weight is 202 g/mol. The fourth-order valence-electron chi connectivity index (χ4n) is 0.559. The summed E-state index contributed by atoms with van der Waals surface area (Å²) in [7, 11) is -3.16. The van der Waals surface area contributed by atoms with Crippen molar-refractivity contribution in [3.05, 3.63) is 37.2 Å². The SMILES string of the molecule is C=CCOP(=O)(OCC=C)C(=C)C. The fourth-order valence-corrected chi connectivity index (χ4v) is 1.68. The minimum atomic E-state index is -3.16. The summed E-state index contributed by atoms with van der Waals surface area (Å²) in [5, 5.41) is 0.385. The Labute approximate surface area is 79.3 Å². The van der Waals surface area contributed by atoms with E-state index in [2.05, 4.69) is 19.7 Å². The molecule has 13 heavy (non-hydrogen) atoms. The molecule has 0 unspecified atom stereocenters. The Kier molecular flexibility index (Phi) is 5.63. The average Bonchev–Trinajstić information content (AvgIpc) is 2.11. The summed E-state index contributed by atoms with van der Waals surface area (Å²) in [4.78, 5) is 0. The van der Waals surface area contributed by atoms with Gasteiger partial charge in [-0.05, 0) is 6.92 Å². The Bertz CT molecular complexity index is 229. The molecule has 0 aliphatic heterocycles. The van der Waals surface area contributed by atoms with Crippen molar-refractivity contribution in [3.8, 4) is 0 Å². The number of allylic oxidation sites excluding steroid dienone is 1. The molecular weight excluding hydrogens is 187 g/mol. The summed E-state index contributed by atoms with van der Waals surface area (Å²) in [6.07, 6.45) is 3.01. The molecule has 0 saturated carbocycles. The van der Waals surface area contributed by atoms with Gasteiger partial charge in [-0.15, -0.1) is 13.2 Å². The van der Waals surface area contributed by atoms with Crippen LogP contribution in [-0.2, 0) is 13.6 Å². The summed E-state index contributed by atoms with van der Waals surface area (Å²) in [6, 6.07) is 0. The Morgan fingerprint density at radius 1 is 1.31 bits per heavy atom. The zero-order valence-corrected chi connectivity index (χ0v) is 8.76. The predicted octanol–water partition coefficient (Wildman–Crippen LogP) is 3.12. The molecule has 0 aromatic carbocycles. The van der Waals surface area contributed by atoms with Crippen molar-refractivity contribution in [2.24, 2.45) is 0 Å². The molecule has 0 fully saturated rings. The molecule has 0 rings (SSSR count). The molecule has 0 aliphatic carbocycles. The summed E-state index contributed by atoms with van der Waals surface area (Å²) in [6.45, 7) is 12.4. The lowest BCUT2D eigenvalue weighted by Gasteiger charge is -2.16. The van der Waals surface area contributed by atoms with Crippen molar-refractivity contribution in [3.63, 3.8) is 0 Å². The van der Waals surface area contributed by atoms with E-state index >= 15 is 0 Å². The standard InChI is InChI=1S/C9H15O3P/c1-5-7-11-13(10,9(3)4)12-8-6-2/h5-6H,1-3,7-8H2,4H3. The second-order valence-electron chi connectivity index (χ2n) is 2.40. The second-order valence-corrected chi connectivity index (χ2v) is 4.68. The van der Waals surface area contributed by atoms with Gasteiger partial charge in [-0.1, -0.05) is 18.7 Å². The zero-order chi connectivity index (χ0) is 10.3.